The van der Waals surface area contributed by atoms with Crippen LogP contribution in [-0.4, -0.2) is 42.4 Å². The summed E-state index contributed by atoms with van der Waals surface area (Å²) in [7, 11) is 0. The molecule has 1 unspecified atom stereocenters. The molecule has 5 nitrogen and oxygen atoms in total. The highest BCUT2D eigenvalue weighted by molar-refractivity contribution is 7.80. The van der Waals surface area contributed by atoms with Gasteiger partial charge in [0.2, 0.25) is 0 Å². The van der Waals surface area contributed by atoms with E-state index < -0.39 is 0 Å². The summed E-state index contributed by atoms with van der Waals surface area (Å²) in [6, 6.07) is 5.52. The number of thiocarbonyl (C=S) groups is 1. The molecule has 1 saturated heterocycles. The molecule has 17 heavy (non-hydrogen) atoms. The van der Waals surface area contributed by atoms with Crippen LogP contribution in [-0.2, 0) is 9.47 Å². The second kappa shape index (κ2) is 5.90. The molecule has 0 aromatic carbocycles. The Balaban J connectivity index is 1.89. The largest absolute Gasteiger partial charge is 0.388 e. The number of nitrogens with two attached hydrogens (primary N) is 1. The first-order valence-electron chi connectivity index (χ1n) is 5.46. The van der Waals surface area contributed by atoms with Crippen molar-refractivity contribution in [2.45, 2.75) is 6.10 Å². The summed E-state index contributed by atoms with van der Waals surface area (Å²) < 4.78 is 10.8. The summed E-state index contributed by atoms with van der Waals surface area (Å²) in [5.41, 5.74) is 6.13. The summed E-state index contributed by atoms with van der Waals surface area (Å²) in [5.74, 6) is 0.740. The molecular weight excluding hydrogens is 238 g/mol. The molecule has 1 aliphatic rings. The Morgan fingerprint density at radius 1 is 1.53 bits per heavy atom. The number of anilines is 1. The number of hydrogen-bond acceptors (Lipinski definition) is 5. The molecule has 2 heterocycles. The zero-order valence-electron chi connectivity index (χ0n) is 9.39. The minimum Gasteiger partial charge on any atom is -0.388 e. The quantitative estimate of drug-likeness (QED) is 0.763. The molecule has 1 aromatic rings. The first-order chi connectivity index (χ1) is 8.25. The Kier molecular flexibility index (Phi) is 4.24. The SMILES string of the molecule is NC(=S)c1cccc(NCC2COCCO2)n1. The highest BCUT2D eigenvalue weighted by Gasteiger charge is 2.13. The third-order valence-electron chi connectivity index (χ3n) is 2.40. The minimum atomic E-state index is 0.0686. The third-order valence-corrected chi connectivity index (χ3v) is 2.61. The Morgan fingerprint density at radius 2 is 2.41 bits per heavy atom. The lowest BCUT2D eigenvalue weighted by Gasteiger charge is -2.23. The highest BCUT2D eigenvalue weighted by atomic mass is 32.1. The van der Waals surface area contributed by atoms with E-state index in [4.69, 9.17) is 27.4 Å². The van der Waals surface area contributed by atoms with Crippen LogP contribution in [0.3, 0.4) is 0 Å². The van der Waals surface area contributed by atoms with E-state index in [2.05, 4.69) is 10.3 Å². The average Bonchev–Trinajstić information content (AvgIpc) is 2.38. The topological polar surface area (TPSA) is 69.4 Å². The van der Waals surface area contributed by atoms with Crippen LogP contribution < -0.4 is 11.1 Å². The molecule has 92 valence electrons. The van der Waals surface area contributed by atoms with Crippen molar-refractivity contribution in [3.8, 4) is 0 Å². The number of pyridine rings is 1. The smallest absolute Gasteiger partial charge is 0.126 e. The van der Waals surface area contributed by atoms with E-state index >= 15 is 0 Å². The van der Waals surface area contributed by atoms with Gasteiger partial charge in [0.15, 0.2) is 0 Å². The maximum atomic E-state index is 5.52. The molecular formula is C11H15N3O2S. The molecule has 1 aromatic heterocycles. The van der Waals surface area contributed by atoms with Gasteiger partial charge in [0.1, 0.15) is 10.8 Å². The van der Waals surface area contributed by atoms with Gasteiger partial charge >= 0.3 is 0 Å². The molecule has 1 fully saturated rings. The van der Waals surface area contributed by atoms with E-state index in [0.29, 0.717) is 37.0 Å². The Hall–Kier alpha value is -1.24. The Labute approximate surface area is 105 Å². The zero-order chi connectivity index (χ0) is 12.1. The summed E-state index contributed by atoms with van der Waals surface area (Å²) in [6.07, 6.45) is 0.0686. The van der Waals surface area contributed by atoms with Gasteiger partial charge in [-0.05, 0) is 12.1 Å². The fourth-order valence-electron chi connectivity index (χ4n) is 1.54. The second-order valence-corrected chi connectivity index (χ2v) is 4.16. The van der Waals surface area contributed by atoms with Crippen molar-refractivity contribution in [1.29, 1.82) is 0 Å². The van der Waals surface area contributed by atoms with Crippen molar-refractivity contribution in [2.75, 3.05) is 31.7 Å². The number of rotatable bonds is 4. The molecule has 0 amide bonds. The van der Waals surface area contributed by atoms with E-state index in [1.54, 1.807) is 6.07 Å². The van der Waals surface area contributed by atoms with Crippen molar-refractivity contribution in [1.82, 2.24) is 4.98 Å². The Morgan fingerprint density at radius 3 is 3.12 bits per heavy atom. The predicted octanol–water partition coefficient (Wildman–Crippen LogP) is 0.543. The number of hydrogen-bond donors (Lipinski definition) is 2. The lowest BCUT2D eigenvalue weighted by molar-refractivity contribution is -0.0819. The van der Waals surface area contributed by atoms with Gasteiger partial charge in [0.05, 0.1) is 31.6 Å². The number of nitrogens with zero attached hydrogens (tertiary/aromatic N) is 1. The first-order valence-corrected chi connectivity index (χ1v) is 5.86. The summed E-state index contributed by atoms with van der Waals surface area (Å²) in [5, 5.41) is 3.18. The maximum absolute atomic E-state index is 5.52. The van der Waals surface area contributed by atoms with Crippen LogP contribution >= 0.6 is 12.2 Å². The molecule has 0 spiro atoms. The van der Waals surface area contributed by atoms with Crippen LogP contribution in [0.5, 0.6) is 0 Å². The number of aromatic nitrogens is 1. The van der Waals surface area contributed by atoms with E-state index in [0.717, 1.165) is 5.82 Å². The van der Waals surface area contributed by atoms with Gasteiger partial charge in [0.25, 0.3) is 0 Å². The van der Waals surface area contributed by atoms with Crippen molar-refractivity contribution in [2.24, 2.45) is 5.73 Å². The minimum absolute atomic E-state index is 0.0686. The summed E-state index contributed by atoms with van der Waals surface area (Å²) in [6.45, 7) is 2.59. The van der Waals surface area contributed by atoms with E-state index in [-0.39, 0.29) is 6.10 Å². The molecule has 0 saturated carbocycles. The van der Waals surface area contributed by atoms with Gasteiger partial charge in [-0.3, -0.25) is 0 Å². The van der Waals surface area contributed by atoms with Gasteiger partial charge in [-0.1, -0.05) is 18.3 Å². The lowest BCUT2D eigenvalue weighted by Crippen LogP contribution is -2.34. The normalized spacial score (nSPS) is 19.9. The van der Waals surface area contributed by atoms with Crippen LogP contribution in [0.2, 0.25) is 0 Å². The molecule has 1 aliphatic heterocycles. The van der Waals surface area contributed by atoms with Crippen molar-refractivity contribution in [3.05, 3.63) is 23.9 Å². The summed E-state index contributed by atoms with van der Waals surface area (Å²) in [4.78, 5) is 4.58. The maximum Gasteiger partial charge on any atom is 0.126 e. The molecule has 1 atom stereocenters. The molecule has 6 heteroatoms. The zero-order valence-corrected chi connectivity index (χ0v) is 10.2. The predicted molar refractivity (Wildman–Crippen MR) is 69.2 cm³/mol. The van der Waals surface area contributed by atoms with Crippen molar-refractivity contribution in [3.63, 3.8) is 0 Å². The van der Waals surface area contributed by atoms with Crippen molar-refractivity contribution < 1.29 is 9.47 Å². The molecule has 0 aliphatic carbocycles. The molecule has 0 bridgehead atoms. The molecule has 2 rings (SSSR count). The lowest BCUT2D eigenvalue weighted by atomic mass is 10.3. The first kappa shape index (κ1) is 12.2. The molecule has 0 radical (unpaired) electrons. The molecule has 3 N–H and O–H groups in total. The third kappa shape index (κ3) is 3.62. The van der Waals surface area contributed by atoms with Gasteiger partial charge in [0, 0.05) is 6.54 Å². The van der Waals surface area contributed by atoms with E-state index in [1.165, 1.54) is 0 Å². The monoisotopic (exact) mass is 253 g/mol. The fraction of sp³-hybridized carbons (Fsp3) is 0.455. The van der Waals surface area contributed by atoms with E-state index in [1.807, 2.05) is 12.1 Å². The van der Waals surface area contributed by atoms with Crippen LogP contribution in [0.15, 0.2) is 18.2 Å². The van der Waals surface area contributed by atoms with Crippen LogP contribution in [0.1, 0.15) is 5.69 Å². The number of ether oxygens (including phenoxy) is 2. The second-order valence-electron chi connectivity index (χ2n) is 3.72. The van der Waals surface area contributed by atoms with E-state index in [9.17, 15) is 0 Å². The van der Waals surface area contributed by atoms with Gasteiger partial charge in [-0.25, -0.2) is 4.98 Å². The average molecular weight is 253 g/mol. The van der Waals surface area contributed by atoms with Crippen LogP contribution in [0.4, 0.5) is 5.82 Å². The fourth-order valence-corrected chi connectivity index (χ4v) is 1.66. The number of nitrogens with one attached hydrogen (secondary N) is 1. The summed E-state index contributed by atoms with van der Waals surface area (Å²) >= 11 is 4.87. The van der Waals surface area contributed by atoms with Crippen LogP contribution in [0, 0.1) is 0 Å². The Bertz CT molecular complexity index is 394. The van der Waals surface area contributed by atoms with Crippen molar-refractivity contribution >= 4 is 23.0 Å². The highest BCUT2D eigenvalue weighted by Crippen LogP contribution is 2.07. The van der Waals surface area contributed by atoms with Gasteiger partial charge in [-0.2, -0.15) is 0 Å². The van der Waals surface area contributed by atoms with Gasteiger partial charge in [-0.15, -0.1) is 0 Å². The van der Waals surface area contributed by atoms with Crippen LogP contribution in [0.25, 0.3) is 0 Å². The van der Waals surface area contributed by atoms with Gasteiger partial charge < -0.3 is 20.5 Å². The standard InChI is InChI=1S/C11H15N3O2S/c12-11(17)9-2-1-3-10(14-9)13-6-8-7-15-4-5-16-8/h1-3,8H,4-7H2,(H2,12,17)(H,13,14).